The average Bonchev–Trinajstić information content (AvgIpc) is 2.16. The Morgan fingerprint density at radius 3 is 2.71 bits per heavy atom. The monoisotopic (exact) mass is 198 g/mol. The van der Waals surface area contributed by atoms with Gasteiger partial charge < -0.3 is 10.2 Å². The predicted octanol–water partition coefficient (Wildman–Crippen LogP) is 1.24. The highest BCUT2D eigenvalue weighted by Crippen LogP contribution is 2.16. The van der Waals surface area contributed by atoms with Crippen LogP contribution in [0, 0.1) is 5.92 Å². The lowest BCUT2D eigenvalue weighted by molar-refractivity contribution is -0.133. The molecule has 82 valence electrons. The molecular formula is C11H22N2O. The highest BCUT2D eigenvalue weighted by Gasteiger charge is 2.26. The molecule has 0 saturated carbocycles. The summed E-state index contributed by atoms with van der Waals surface area (Å²) in [4.78, 5) is 13.6. The summed E-state index contributed by atoms with van der Waals surface area (Å²) >= 11 is 0. The Kier molecular flexibility index (Phi) is 4.39. The van der Waals surface area contributed by atoms with Crippen molar-refractivity contribution in [2.24, 2.45) is 5.92 Å². The maximum absolute atomic E-state index is 11.6. The van der Waals surface area contributed by atoms with Crippen LogP contribution in [0.4, 0.5) is 0 Å². The van der Waals surface area contributed by atoms with Gasteiger partial charge in [-0.2, -0.15) is 0 Å². The zero-order valence-corrected chi connectivity index (χ0v) is 9.55. The first-order chi connectivity index (χ1) is 6.67. The highest BCUT2D eigenvalue weighted by atomic mass is 16.2. The number of nitrogens with one attached hydrogen (secondary N) is 1. The lowest BCUT2D eigenvalue weighted by Gasteiger charge is -2.36. The van der Waals surface area contributed by atoms with E-state index in [-0.39, 0.29) is 0 Å². The molecular weight excluding hydrogens is 176 g/mol. The Bertz CT molecular complexity index is 194. The summed E-state index contributed by atoms with van der Waals surface area (Å²) in [7, 11) is 0. The van der Waals surface area contributed by atoms with Crippen LogP contribution < -0.4 is 5.32 Å². The van der Waals surface area contributed by atoms with Gasteiger partial charge in [-0.05, 0) is 18.9 Å². The van der Waals surface area contributed by atoms with E-state index in [9.17, 15) is 4.79 Å². The molecule has 2 atom stereocenters. The first-order valence-electron chi connectivity index (χ1n) is 5.68. The number of carbonyl (C=O) groups is 1. The normalized spacial score (nSPS) is 27.8. The van der Waals surface area contributed by atoms with E-state index in [0.29, 0.717) is 24.3 Å². The fraction of sp³-hybridized carbons (Fsp3) is 0.909. The molecule has 2 unspecified atom stereocenters. The van der Waals surface area contributed by atoms with Crippen molar-refractivity contribution in [3.63, 3.8) is 0 Å². The van der Waals surface area contributed by atoms with Gasteiger partial charge in [-0.25, -0.2) is 0 Å². The first-order valence-corrected chi connectivity index (χ1v) is 5.68. The molecule has 0 radical (unpaired) electrons. The van der Waals surface area contributed by atoms with Crippen molar-refractivity contribution in [3.8, 4) is 0 Å². The lowest BCUT2D eigenvalue weighted by Crippen LogP contribution is -2.50. The van der Waals surface area contributed by atoms with E-state index in [1.54, 1.807) is 0 Å². The van der Waals surface area contributed by atoms with Gasteiger partial charge >= 0.3 is 0 Å². The Morgan fingerprint density at radius 2 is 2.14 bits per heavy atom. The summed E-state index contributed by atoms with van der Waals surface area (Å²) in [6.45, 7) is 9.10. The Hall–Kier alpha value is -0.570. The second-order valence-electron chi connectivity index (χ2n) is 4.25. The van der Waals surface area contributed by atoms with Gasteiger partial charge in [0.15, 0.2) is 0 Å². The molecule has 0 bridgehead atoms. The standard InChI is InChI=1S/C11H22N2O/c1-4-11(14)13-7-9(3)6-10(8-13)12-5-2/h9-10,12H,4-8H2,1-3H3. The molecule has 1 fully saturated rings. The lowest BCUT2D eigenvalue weighted by atomic mass is 9.95. The number of piperidine rings is 1. The van der Waals surface area contributed by atoms with Crippen LogP contribution in [0.5, 0.6) is 0 Å². The van der Waals surface area contributed by atoms with E-state index in [2.05, 4.69) is 19.2 Å². The minimum Gasteiger partial charge on any atom is -0.341 e. The molecule has 3 nitrogen and oxygen atoms in total. The van der Waals surface area contributed by atoms with Crippen LogP contribution in [0.2, 0.25) is 0 Å². The fourth-order valence-electron chi connectivity index (χ4n) is 2.22. The number of hydrogen-bond donors (Lipinski definition) is 1. The maximum Gasteiger partial charge on any atom is 0.222 e. The summed E-state index contributed by atoms with van der Waals surface area (Å²) in [5, 5.41) is 3.43. The molecule has 0 aromatic carbocycles. The second kappa shape index (κ2) is 5.35. The number of likely N-dealkylation sites (tertiary alicyclic amines) is 1. The van der Waals surface area contributed by atoms with Crippen LogP contribution in [0.1, 0.15) is 33.6 Å². The van der Waals surface area contributed by atoms with Gasteiger partial charge in [0.05, 0.1) is 0 Å². The summed E-state index contributed by atoms with van der Waals surface area (Å²) in [5.41, 5.74) is 0. The molecule has 0 spiro atoms. The summed E-state index contributed by atoms with van der Waals surface area (Å²) in [6, 6.07) is 0.499. The zero-order valence-electron chi connectivity index (χ0n) is 9.55. The Balaban J connectivity index is 2.49. The fourth-order valence-corrected chi connectivity index (χ4v) is 2.22. The number of carbonyl (C=O) groups excluding carboxylic acids is 1. The minimum absolute atomic E-state index is 0.291. The molecule has 0 aliphatic carbocycles. The van der Waals surface area contributed by atoms with Gasteiger partial charge in [-0.15, -0.1) is 0 Å². The van der Waals surface area contributed by atoms with Crippen molar-refractivity contribution in [1.82, 2.24) is 10.2 Å². The van der Waals surface area contributed by atoms with Crippen LogP contribution in [0.15, 0.2) is 0 Å². The third-order valence-corrected chi connectivity index (χ3v) is 2.81. The van der Waals surface area contributed by atoms with Crippen LogP contribution in [-0.4, -0.2) is 36.5 Å². The number of nitrogens with zero attached hydrogens (tertiary/aromatic N) is 1. The van der Waals surface area contributed by atoms with Gasteiger partial charge in [-0.1, -0.05) is 20.8 Å². The minimum atomic E-state index is 0.291. The SMILES string of the molecule is CCNC1CC(C)CN(C(=O)CC)C1. The van der Waals surface area contributed by atoms with Gasteiger partial charge in [0.2, 0.25) is 5.91 Å². The quantitative estimate of drug-likeness (QED) is 0.740. The number of amides is 1. The largest absolute Gasteiger partial charge is 0.341 e. The molecule has 1 rings (SSSR count). The average molecular weight is 198 g/mol. The van der Waals surface area contributed by atoms with Gasteiger partial charge in [-0.3, -0.25) is 4.79 Å². The zero-order chi connectivity index (χ0) is 10.6. The molecule has 1 N–H and O–H groups in total. The van der Waals surface area contributed by atoms with E-state index < -0.39 is 0 Å². The molecule has 14 heavy (non-hydrogen) atoms. The van der Waals surface area contributed by atoms with E-state index in [1.807, 2.05) is 11.8 Å². The topological polar surface area (TPSA) is 32.3 Å². The van der Waals surface area contributed by atoms with Crippen LogP contribution in [0.25, 0.3) is 0 Å². The molecule has 1 amide bonds. The van der Waals surface area contributed by atoms with Gasteiger partial charge in [0, 0.05) is 25.6 Å². The van der Waals surface area contributed by atoms with Crippen molar-refractivity contribution >= 4 is 5.91 Å². The summed E-state index contributed by atoms with van der Waals surface area (Å²) in [6.07, 6.45) is 1.83. The summed E-state index contributed by atoms with van der Waals surface area (Å²) < 4.78 is 0. The van der Waals surface area contributed by atoms with E-state index >= 15 is 0 Å². The van der Waals surface area contributed by atoms with E-state index in [1.165, 1.54) is 6.42 Å². The van der Waals surface area contributed by atoms with Crippen molar-refractivity contribution in [2.75, 3.05) is 19.6 Å². The third kappa shape index (κ3) is 2.98. The summed E-state index contributed by atoms with van der Waals surface area (Å²) in [5.74, 6) is 0.919. The van der Waals surface area contributed by atoms with Gasteiger partial charge in [0.1, 0.15) is 0 Å². The van der Waals surface area contributed by atoms with E-state index in [4.69, 9.17) is 0 Å². The molecule has 1 heterocycles. The molecule has 0 aromatic heterocycles. The number of hydrogen-bond acceptors (Lipinski definition) is 2. The number of likely N-dealkylation sites (N-methyl/N-ethyl adjacent to an activating group) is 1. The van der Waals surface area contributed by atoms with Crippen molar-refractivity contribution < 1.29 is 4.79 Å². The number of rotatable bonds is 3. The smallest absolute Gasteiger partial charge is 0.222 e. The van der Waals surface area contributed by atoms with E-state index in [0.717, 1.165) is 19.6 Å². The molecule has 0 aromatic rings. The second-order valence-corrected chi connectivity index (χ2v) is 4.25. The Morgan fingerprint density at radius 1 is 1.43 bits per heavy atom. The van der Waals surface area contributed by atoms with Gasteiger partial charge in [0.25, 0.3) is 0 Å². The van der Waals surface area contributed by atoms with Crippen molar-refractivity contribution in [2.45, 2.75) is 39.7 Å². The van der Waals surface area contributed by atoms with Crippen molar-refractivity contribution in [1.29, 1.82) is 0 Å². The predicted molar refractivity (Wildman–Crippen MR) is 58.1 cm³/mol. The van der Waals surface area contributed by atoms with Crippen LogP contribution >= 0.6 is 0 Å². The van der Waals surface area contributed by atoms with Crippen molar-refractivity contribution in [3.05, 3.63) is 0 Å². The molecule has 1 aliphatic rings. The van der Waals surface area contributed by atoms with Crippen LogP contribution in [-0.2, 0) is 4.79 Å². The third-order valence-electron chi connectivity index (χ3n) is 2.81. The van der Waals surface area contributed by atoms with Crippen LogP contribution in [0.3, 0.4) is 0 Å². The molecule has 1 saturated heterocycles. The molecule has 1 aliphatic heterocycles. The maximum atomic E-state index is 11.6. The first kappa shape index (κ1) is 11.5. The highest BCUT2D eigenvalue weighted by molar-refractivity contribution is 5.75. The molecule has 3 heteroatoms. The Labute approximate surface area is 86.9 Å².